The van der Waals surface area contributed by atoms with Gasteiger partial charge in [0.2, 0.25) is 11.8 Å². The van der Waals surface area contributed by atoms with Crippen LogP contribution >= 0.6 is 0 Å². The van der Waals surface area contributed by atoms with Gasteiger partial charge in [-0.2, -0.15) is 0 Å². The van der Waals surface area contributed by atoms with Gasteiger partial charge in [0, 0.05) is 37.1 Å². The average molecular weight is 387 g/mol. The zero-order valence-corrected chi connectivity index (χ0v) is 15.2. The third-order valence-corrected chi connectivity index (χ3v) is 4.89. The maximum atomic E-state index is 12.7. The lowest BCUT2D eigenvalue weighted by Gasteiger charge is -2.29. The van der Waals surface area contributed by atoms with Crippen LogP contribution < -0.4 is 10.6 Å². The molecule has 0 spiro atoms. The van der Waals surface area contributed by atoms with Gasteiger partial charge in [0.1, 0.15) is 6.04 Å². The molecule has 1 atom stereocenters. The number of benzene rings is 1. The van der Waals surface area contributed by atoms with Crippen molar-refractivity contribution in [3.8, 4) is 0 Å². The number of carboxylic acid groups (broad SMARTS) is 1. The van der Waals surface area contributed by atoms with Crippen LogP contribution in [-0.4, -0.2) is 52.2 Å². The molecule has 9 heteroatoms. The number of imide groups is 1. The van der Waals surface area contributed by atoms with E-state index in [1.165, 1.54) is 11.0 Å². The zero-order chi connectivity index (χ0) is 20.3. The lowest BCUT2D eigenvalue weighted by molar-refractivity contribution is -0.138. The highest BCUT2D eigenvalue weighted by Gasteiger charge is 2.39. The fourth-order valence-electron chi connectivity index (χ4n) is 3.40. The molecule has 0 bridgehead atoms. The number of nitrogens with zero attached hydrogens (tertiary/aromatic N) is 1. The predicted octanol–water partition coefficient (Wildman–Crippen LogP) is 0.432. The Morgan fingerprint density at radius 1 is 1.21 bits per heavy atom. The Hall–Kier alpha value is -3.23. The molecular formula is C19H21N3O6. The quantitative estimate of drug-likeness (QED) is 0.459. The third kappa shape index (κ3) is 4.19. The molecule has 9 nitrogen and oxygen atoms in total. The summed E-state index contributed by atoms with van der Waals surface area (Å²) in [7, 11) is 0. The SMILES string of the molecule is O=C(O)CCCCNC(=O)c1ccc2c(c1)C(=O)N(C1CCC(=O)NC1=O)C2. The Bertz CT molecular complexity index is 850. The monoisotopic (exact) mass is 387 g/mol. The van der Waals surface area contributed by atoms with Crippen LogP contribution in [-0.2, 0) is 20.9 Å². The van der Waals surface area contributed by atoms with E-state index in [9.17, 15) is 24.0 Å². The number of carboxylic acids is 1. The Balaban J connectivity index is 1.62. The molecule has 0 radical (unpaired) electrons. The Morgan fingerprint density at radius 2 is 2.00 bits per heavy atom. The molecule has 1 unspecified atom stereocenters. The molecule has 1 saturated heterocycles. The van der Waals surface area contributed by atoms with E-state index in [2.05, 4.69) is 10.6 Å². The molecule has 0 saturated carbocycles. The summed E-state index contributed by atoms with van der Waals surface area (Å²) < 4.78 is 0. The molecule has 2 heterocycles. The number of nitrogens with one attached hydrogen (secondary N) is 2. The number of carbonyl (C=O) groups excluding carboxylic acids is 4. The van der Waals surface area contributed by atoms with Gasteiger partial charge in [0.05, 0.1) is 0 Å². The van der Waals surface area contributed by atoms with Crippen LogP contribution in [0.2, 0.25) is 0 Å². The Morgan fingerprint density at radius 3 is 2.71 bits per heavy atom. The molecule has 3 N–H and O–H groups in total. The van der Waals surface area contributed by atoms with Crippen LogP contribution in [0.3, 0.4) is 0 Å². The highest BCUT2D eigenvalue weighted by Crippen LogP contribution is 2.28. The number of aliphatic carboxylic acids is 1. The summed E-state index contributed by atoms with van der Waals surface area (Å²) in [5.41, 5.74) is 1.44. The van der Waals surface area contributed by atoms with Gasteiger partial charge in [0.15, 0.2) is 0 Å². The van der Waals surface area contributed by atoms with Gasteiger partial charge in [-0.25, -0.2) is 0 Å². The summed E-state index contributed by atoms with van der Waals surface area (Å²) in [5, 5.41) is 13.6. The molecule has 2 aliphatic heterocycles. The van der Waals surface area contributed by atoms with Gasteiger partial charge in [-0.15, -0.1) is 0 Å². The highest BCUT2D eigenvalue weighted by molar-refractivity contribution is 6.06. The number of amides is 4. The lowest BCUT2D eigenvalue weighted by atomic mass is 10.0. The van der Waals surface area contributed by atoms with Crippen molar-refractivity contribution >= 4 is 29.6 Å². The van der Waals surface area contributed by atoms with E-state index in [4.69, 9.17) is 5.11 Å². The largest absolute Gasteiger partial charge is 0.481 e. The standard InChI is InChI=1S/C19H21N3O6/c23-15-7-6-14(18(27)21-15)22-10-12-5-4-11(9-13(12)19(22)28)17(26)20-8-2-1-3-16(24)25/h4-5,9,14H,1-3,6-8,10H2,(H,20,26)(H,24,25)(H,21,23,27). The van der Waals surface area contributed by atoms with Crippen molar-refractivity contribution in [3.63, 3.8) is 0 Å². The number of carbonyl (C=O) groups is 5. The minimum atomic E-state index is -0.871. The van der Waals surface area contributed by atoms with Gasteiger partial charge >= 0.3 is 5.97 Å². The first-order valence-electron chi connectivity index (χ1n) is 9.14. The van der Waals surface area contributed by atoms with Gasteiger partial charge in [-0.3, -0.25) is 29.3 Å². The van der Waals surface area contributed by atoms with E-state index in [1.807, 2.05) is 0 Å². The Labute approximate surface area is 161 Å². The summed E-state index contributed by atoms with van der Waals surface area (Å²) >= 11 is 0. The van der Waals surface area contributed by atoms with Crippen molar-refractivity contribution in [3.05, 3.63) is 34.9 Å². The van der Waals surface area contributed by atoms with Crippen LogP contribution in [0.5, 0.6) is 0 Å². The maximum Gasteiger partial charge on any atom is 0.303 e. The van der Waals surface area contributed by atoms with E-state index in [1.54, 1.807) is 12.1 Å². The first kappa shape index (κ1) is 19.5. The third-order valence-electron chi connectivity index (χ3n) is 4.89. The number of hydrogen-bond acceptors (Lipinski definition) is 5. The fraction of sp³-hybridized carbons (Fsp3) is 0.421. The van der Waals surface area contributed by atoms with Crippen LogP contribution in [0.25, 0.3) is 0 Å². The molecular weight excluding hydrogens is 366 g/mol. The van der Waals surface area contributed by atoms with Crippen molar-refractivity contribution in [2.75, 3.05) is 6.54 Å². The second-order valence-corrected chi connectivity index (χ2v) is 6.88. The van der Waals surface area contributed by atoms with Gasteiger partial charge in [-0.1, -0.05) is 6.07 Å². The van der Waals surface area contributed by atoms with Gasteiger partial charge < -0.3 is 15.3 Å². The zero-order valence-electron chi connectivity index (χ0n) is 15.2. The average Bonchev–Trinajstić information content (AvgIpc) is 2.97. The summed E-state index contributed by atoms with van der Waals surface area (Å²) in [5.74, 6) is -2.36. The number of rotatable bonds is 7. The van der Waals surface area contributed by atoms with E-state index < -0.39 is 17.9 Å². The van der Waals surface area contributed by atoms with Crippen LogP contribution in [0, 0.1) is 0 Å². The topological polar surface area (TPSA) is 133 Å². The van der Waals surface area contributed by atoms with E-state index >= 15 is 0 Å². The summed E-state index contributed by atoms with van der Waals surface area (Å²) in [6, 6.07) is 4.13. The molecule has 1 fully saturated rings. The van der Waals surface area contributed by atoms with E-state index in [0.717, 1.165) is 5.56 Å². The maximum absolute atomic E-state index is 12.7. The first-order valence-corrected chi connectivity index (χ1v) is 9.14. The second-order valence-electron chi connectivity index (χ2n) is 6.88. The van der Waals surface area contributed by atoms with Crippen molar-refractivity contribution < 1.29 is 29.1 Å². The van der Waals surface area contributed by atoms with E-state index in [-0.39, 0.29) is 43.5 Å². The summed E-state index contributed by atoms with van der Waals surface area (Å²) in [6.07, 6.45) is 1.55. The minimum Gasteiger partial charge on any atom is -0.481 e. The van der Waals surface area contributed by atoms with Crippen LogP contribution in [0.15, 0.2) is 18.2 Å². The lowest BCUT2D eigenvalue weighted by Crippen LogP contribution is -2.52. The number of fused-ring (bicyclic) bond motifs is 1. The number of hydrogen-bond donors (Lipinski definition) is 3. The van der Waals surface area contributed by atoms with Crippen molar-refractivity contribution in [1.82, 2.24) is 15.5 Å². The van der Waals surface area contributed by atoms with Crippen molar-refractivity contribution in [1.29, 1.82) is 0 Å². The van der Waals surface area contributed by atoms with Gasteiger partial charge in [0.25, 0.3) is 11.8 Å². The summed E-state index contributed by atoms with van der Waals surface area (Å²) in [6.45, 7) is 0.608. The smallest absolute Gasteiger partial charge is 0.303 e. The van der Waals surface area contributed by atoms with Gasteiger partial charge in [-0.05, 0) is 37.0 Å². The molecule has 3 rings (SSSR count). The number of piperidine rings is 1. The molecule has 1 aromatic carbocycles. The second kappa shape index (κ2) is 8.20. The molecule has 4 amide bonds. The molecule has 0 aromatic heterocycles. The van der Waals surface area contributed by atoms with E-state index in [0.29, 0.717) is 30.5 Å². The van der Waals surface area contributed by atoms with Crippen molar-refractivity contribution in [2.24, 2.45) is 0 Å². The first-order chi connectivity index (χ1) is 13.4. The highest BCUT2D eigenvalue weighted by atomic mass is 16.4. The normalized spacial score (nSPS) is 18.6. The molecule has 1 aromatic rings. The molecule has 2 aliphatic rings. The molecule has 28 heavy (non-hydrogen) atoms. The fourth-order valence-corrected chi connectivity index (χ4v) is 3.40. The molecule has 148 valence electrons. The number of unbranched alkanes of at least 4 members (excludes halogenated alkanes) is 1. The summed E-state index contributed by atoms with van der Waals surface area (Å²) in [4.78, 5) is 60.3. The predicted molar refractivity (Wildman–Crippen MR) is 96.3 cm³/mol. The van der Waals surface area contributed by atoms with Crippen molar-refractivity contribution in [2.45, 2.75) is 44.7 Å². The van der Waals surface area contributed by atoms with Crippen LogP contribution in [0.1, 0.15) is 58.4 Å². The minimum absolute atomic E-state index is 0.0550. The Kier molecular flexibility index (Phi) is 5.72. The van der Waals surface area contributed by atoms with Crippen LogP contribution in [0.4, 0.5) is 0 Å². The molecule has 0 aliphatic carbocycles.